The number of carbonyl (C=O) groups is 1. The molecule has 3 N–H and O–H groups in total. The second kappa shape index (κ2) is 3.47. The van der Waals surface area contributed by atoms with Crippen LogP contribution in [-0.2, 0) is 4.79 Å². The van der Waals surface area contributed by atoms with E-state index in [2.05, 4.69) is 5.23 Å². The van der Waals surface area contributed by atoms with Crippen molar-refractivity contribution >= 4 is 13.0 Å². The molecule has 0 amide bonds. The first kappa shape index (κ1) is 8.45. The fourth-order valence-corrected chi connectivity index (χ4v) is 0.433. The summed E-state index contributed by atoms with van der Waals surface area (Å²) in [7, 11) is -0.768. The average Bonchev–Trinajstić information content (AvgIpc) is 1.63. The highest BCUT2D eigenvalue weighted by molar-refractivity contribution is 6.45. The molecule has 0 fully saturated rings. The molecular formula is C4H10BNO3. The lowest BCUT2D eigenvalue weighted by Crippen LogP contribution is -2.42. The van der Waals surface area contributed by atoms with E-state index >= 15 is 0 Å². The summed E-state index contributed by atoms with van der Waals surface area (Å²) in [6.45, 7) is 2.94. The van der Waals surface area contributed by atoms with Crippen LogP contribution in [0.3, 0.4) is 0 Å². The van der Waals surface area contributed by atoms with Crippen LogP contribution in [0.5, 0.6) is 0 Å². The molecule has 0 bridgehead atoms. The van der Waals surface area contributed by atoms with Crippen LogP contribution in [0.1, 0.15) is 6.92 Å². The van der Waals surface area contributed by atoms with Crippen LogP contribution in [-0.4, -0.2) is 29.2 Å². The summed E-state index contributed by atoms with van der Waals surface area (Å²) < 4.78 is 0. The van der Waals surface area contributed by atoms with Crippen LogP contribution in [0.4, 0.5) is 0 Å². The Morgan fingerprint density at radius 1 is 1.78 bits per heavy atom. The minimum atomic E-state index is -0.962. The zero-order valence-corrected chi connectivity index (χ0v) is 5.46. The van der Waals surface area contributed by atoms with Crippen LogP contribution < -0.4 is 5.23 Å². The molecule has 0 unspecified atom stereocenters. The van der Waals surface area contributed by atoms with E-state index in [-0.39, 0.29) is 0 Å². The molecule has 0 radical (unpaired) electrons. The van der Waals surface area contributed by atoms with Gasteiger partial charge in [-0.1, -0.05) is 0 Å². The quantitative estimate of drug-likeness (QED) is 0.436. The standard InChI is InChI=1S/C4H10BNO3/c1-3(4(7)8)6-5(2)9/h3,6,9H,1-2H3,(H,7,8)/t3-/m0/s1. The molecule has 0 rings (SSSR count). The Bertz CT molecular complexity index is 106. The van der Waals surface area contributed by atoms with Gasteiger partial charge in [0, 0.05) is 0 Å². The van der Waals surface area contributed by atoms with Crippen molar-refractivity contribution in [2.75, 3.05) is 0 Å². The summed E-state index contributed by atoms with van der Waals surface area (Å²) in [6, 6.07) is -0.690. The van der Waals surface area contributed by atoms with Gasteiger partial charge in [0.15, 0.2) is 0 Å². The predicted molar refractivity (Wildman–Crippen MR) is 34.1 cm³/mol. The Morgan fingerprint density at radius 2 is 2.22 bits per heavy atom. The van der Waals surface area contributed by atoms with E-state index < -0.39 is 19.1 Å². The van der Waals surface area contributed by atoms with E-state index in [0.717, 1.165) is 0 Å². The average molecular weight is 131 g/mol. The Balaban J connectivity index is 3.50. The fraction of sp³-hybridized carbons (Fsp3) is 0.750. The van der Waals surface area contributed by atoms with E-state index in [1.807, 2.05) is 0 Å². The summed E-state index contributed by atoms with van der Waals surface area (Å²) in [5.41, 5.74) is 0. The molecule has 4 nitrogen and oxygen atoms in total. The second-order valence-electron chi connectivity index (χ2n) is 1.90. The van der Waals surface area contributed by atoms with Gasteiger partial charge in [-0.15, -0.1) is 0 Å². The van der Waals surface area contributed by atoms with Crippen LogP contribution in [0.15, 0.2) is 0 Å². The van der Waals surface area contributed by atoms with Crippen molar-refractivity contribution in [3.8, 4) is 0 Å². The lowest BCUT2D eigenvalue weighted by atomic mass is 9.87. The number of hydrogen-bond donors (Lipinski definition) is 3. The Kier molecular flexibility index (Phi) is 3.26. The van der Waals surface area contributed by atoms with Crippen molar-refractivity contribution in [2.45, 2.75) is 19.8 Å². The summed E-state index contributed by atoms with van der Waals surface area (Å²) >= 11 is 0. The van der Waals surface area contributed by atoms with Crippen LogP contribution in [0.2, 0.25) is 6.82 Å². The highest BCUT2D eigenvalue weighted by Gasteiger charge is 2.13. The highest BCUT2D eigenvalue weighted by Crippen LogP contribution is 1.80. The summed E-state index contributed by atoms with van der Waals surface area (Å²) in [4.78, 5) is 10.1. The number of carboxylic acids is 1. The molecule has 0 heterocycles. The van der Waals surface area contributed by atoms with E-state index in [9.17, 15) is 4.79 Å². The maximum absolute atomic E-state index is 10.1. The molecule has 0 aromatic carbocycles. The molecule has 5 heteroatoms. The third-order valence-electron chi connectivity index (χ3n) is 0.862. The van der Waals surface area contributed by atoms with Gasteiger partial charge in [-0.3, -0.25) is 4.79 Å². The molecule has 0 aliphatic heterocycles. The molecule has 0 saturated carbocycles. The number of rotatable bonds is 3. The van der Waals surface area contributed by atoms with E-state index in [1.165, 1.54) is 13.7 Å². The highest BCUT2D eigenvalue weighted by atomic mass is 16.4. The Labute approximate surface area is 54.0 Å². The Morgan fingerprint density at radius 3 is 2.33 bits per heavy atom. The third-order valence-corrected chi connectivity index (χ3v) is 0.862. The molecule has 0 saturated heterocycles. The van der Waals surface area contributed by atoms with Gasteiger partial charge in [0.25, 0.3) is 0 Å². The minimum absolute atomic E-state index is 0.690. The number of nitrogens with one attached hydrogen (secondary N) is 1. The van der Waals surface area contributed by atoms with E-state index in [4.69, 9.17) is 10.1 Å². The largest absolute Gasteiger partial charge is 0.480 e. The molecule has 52 valence electrons. The van der Waals surface area contributed by atoms with Gasteiger partial charge < -0.3 is 15.4 Å². The summed E-state index contributed by atoms with van der Waals surface area (Å²) in [6.07, 6.45) is 0. The summed E-state index contributed by atoms with van der Waals surface area (Å²) in [5, 5.41) is 19.3. The van der Waals surface area contributed by atoms with Crippen molar-refractivity contribution in [1.29, 1.82) is 0 Å². The predicted octanol–water partition coefficient (Wildman–Crippen LogP) is -0.841. The smallest absolute Gasteiger partial charge is 0.374 e. The lowest BCUT2D eigenvalue weighted by molar-refractivity contribution is -0.138. The molecule has 0 spiro atoms. The van der Waals surface area contributed by atoms with Gasteiger partial charge in [0.1, 0.15) is 0 Å². The van der Waals surface area contributed by atoms with Crippen LogP contribution >= 0.6 is 0 Å². The van der Waals surface area contributed by atoms with Gasteiger partial charge in [-0.25, -0.2) is 0 Å². The van der Waals surface area contributed by atoms with Gasteiger partial charge in [0.05, 0.1) is 6.04 Å². The number of carboxylic acid groups (broad SMARTS) is 1. The van der Waals surface area contributed by atoms with Crippen LogP contribution in [0.25, 0.3) is 0 Å². The first-order valence-electron chi connectivity index (χ1n) is 2.71. The first-order valence-corrected chi connectivity index (χ1v) is 2.71. The first-order chi connectivity index (χ1) is 4.04. The van der Waals surface area contributed by atoms with Crippen LogP contribution in [0, 0.1) is 0 Å². The SMILES string of the molecule is CB(O)N[C@@H](C)C(=O)O. The van der Waals surface area contributed by atoms with Gasteiger partial charge in [-0.05, 0) is 13.7 Å². The van der Waals surface area contributed by atoms with Crippen molar-refractivity contribution < 1.29 is 14.9 Å². The zero-order valence-electron chi connectivity index (χ0n) is 5.46. The molecule has 0 aliphatic rings. The number of aliphatic carboxylic acids is 1. The maximum Gasteiger partial charge on any atom is 0.374 e. The third kappa shape index (κ3) is 3.99. The topological polar surface area (TPSA) is 69.6 Å². The fourth-order valence-electron chi connectivity index (χ4n) is 0.433. The number of hydrogen-bond acceptors (Lipinski definition) is 3. The molecule has 0 aromatic heterocycles. The molecule has 0 aliphatic carbocycles. The van der Waals surface area contributed by atoms with E-state index in [1.54, 1.807) is 0 Å². The van der Waals surface area contributed by atoms with Crippen molar-refractivity contribution in [2.24, 2.45) is 0 Å². The molecule has 1 atom stereocenters. The molecular weight excluding hydrogens is 121 g/mol. The Hall–Kier alpha value is -0.545. The second-order valence-corrected chi connectivity index (χ2v) is 1.90. The lowest BCUT2D eigenvalue weighted by Gasteiger charge is -2.07. The maximum atomic E-state index is 10.1. The van der Waals surface area contributed by atoms with Gasteiger partial charge in [-0.2, -0.15) is 0 Å². The van der Waals surface area contributed by atoms with Crippen molar-refractivity contribution in [3.63, 3.8) is 0 Å². The zero-order chi connectivity index (χ0) is 7.44. The minimum Gasteiger partial charge on any atom is -0.480 e. The molecule has 9 heavy (non-hydrogen) atoms. The van der Waals surface area contributed by atoms with E-state index in [0.29, 0.717) is 0 Å². The summed E-state index contributed by atoms with van der Waals surface area (Å²) in [5.74, 6) is -0.962. The molecule has 0 aromatic rings. The van der Waals surface area contributed by atoms with Crippen molar-refractivity contribution in [1.82, 2.24) is 5.23 Å². The normalized spacial score (nSPS) is 12.8. The van der Waals surface area contributed by atoms with Gasteiger partial charge >= 0.3 is 13.0 Å². The van der Waals surface area contributed by atoms with Gasteiger partial charge in [0.2, 0.25) is 0 Å². The van der Waals surface area contributed by atoms with Crippen molar-refractivity contribution in [3.05, 3.63) is 0 Å². The monoisotopic (exact) mass is 131 g/mol.